The van der Waals surface area contributed by atoms with Gasteiger partial charge in [-0.25, -0.2) is 13.1 Å². The molecule has 0 aliphatic heterocycles. The maximum absolute atomic E-state index is 10.9. The molecule has 1 aliphatic carbocycles. The lowest BCUT2D eigenvalue weighted by Crippen LogP contribution is -2.26. The Labute approximate surface area is 116 Å². The number of rotatable bonds is 6. The van der Waals surface area contributed by atoms with Crippen LogP contribution in [0.3, 0.4) is 0 Å². The SMILES string of the molecule is CS(=O)(=O)NCCOc1ccc(Br)c(C2CC2)c1. The van der Waals surface area contributed by atoms with Gasteiger partial charge in [0.15, 0.2) is 0 Å². The zero-order valence-electron chi connectivity index (χ0n) is 10.1. The van der Waals surface area contributed by atoms with Gasteiger partial charge in [-0.1, -0.05) is 15.9 Å². The summed E-state index contributed by atoms with van der Waals surface area (Å²) in [6, 6.07) is 5.89. The minimum atomic E-state index is -3.13. The van der Waals surface area contributed by atoms with Gasteiger partial charge in [-0.2, -0.15) is 0 Å². The average Bonchev–Trinajstić information content (AvgIpc) is 3.09. The van der Waals surface area contributed by atoms with Crippen LogP contribution in [0.15, 0.2) is 22.7 Å². The van der Waals surface area contributed by atoms with E-state index in [9.17, 15) is 8.42 Å². The lowest BCUT2D eigenvalue weighted by Gasteiger charge is -2.09. The summed E-state index contributed by atoms with van der Waals surface area (Å²) in [7, 11) is -3.13. The summed E-state index contributed by atoms with van der Waals surface area (Å²) < 4.78 is 30.8. The summed E-state index contributed by atoms with van der Waals surface area (Å²) >= 11 is 3.53. The zero-order valence-corrected chi connectivity index (χ0v) is 12.6. The smallest absolute Gasteiger partial charge is 0.208 e. The standard InChI is InChI=1S/C12H16BrNO3S/c1-18(15,16)14-6-7-17-10-4-5-12(13)11(8-10)9-2-3-9/h4-5,8-9,14H,2-3,6-7H2,1H3. The Morgan fingerprint density at radius 1 is 1.44 bits per heavy atom. The van der Waals surface area contributed by atoms with Crippen LogP contribution in [0, 0.1) is 0 Å². The molecule has 0 heterocycles. The van der Waals surface area contributed by atoms with Crippen LogP contribution < -0.4 is 9.46 Å². The maximum Gasteiger partial charge on any atom is 0.208 e. The average molecular weight is 334 g/mol. The Balaban J connectivity index is 1.88. The molecule has 0 radical (unpaired) electrons. The normalized spacial score (nSPS) is 15.7. The van der Waals surface area contributed by atoms with Crippen LogP contribution in [0.5, 0.6) is 5.75 Å². The van der Waals surface area contributed by atoms with Crippen LogP contribution in [-0.2, 0) is 10.0 Å². The Morgan fingerprint density at radius 2 is 2.17 bits per heavy atom. The largest absolute Gasteiger partial charge is 0.492 e. The van der Waals surface area contributed by atoms with Crippen LogP contribution in [0.4, 0.5) is 0 Å². The van der Waals surface area contributed by atoms with Gasteiger partial charge >= 0.3 is 0 Å². The molecule has 0 amide bonds. The summed E-state index contributed by atoms with van der Waals surface area (Å²) in [5.74, 6) is 1.44. The monoisotopic (exact) mass is 333 g/mol. The Morgan fingerprint density at radius 3 is 2.78 bits per heavy atom. The number of halogens is 1. The van der Waals surface area contributed by atoms with Gasteiger partial charge in [0, 0.05) is 11.0 Å². The van der Waals surface area contributed by atoms with Crippen LogP contribution in [-0.4, -0.2) is 27.8 Å². The molecule has 1 aromatic carbocycles. The van der Waals surface area contributed by atoms with E-state index in [1.165, 1.54) is 18.4 Å². The van der Waals surface area contributed by atoms with Crippen molar-refractivity contribution >= 4 is 26.0 Å². The van der Waals surface area contributed by atoms with Crippen molar-refractivity contribution < 1.29 is 13.2 Å². The molecule has 2 rings (SSSR count). The van der Waals surface area contributed by atoms with E-state index in [1.54, 1.807) is 0 Å². The minimum absolute atomic E-state index is 0.285. The molecule has 100 valence electrons. The molecule has 0 bridgehead atoms. The van der Waals surface area contributed by atoms with Crippen molar-refractivity contribution in [2.45, 2.75) is 18.8 Å². The molecule has 6 heteroatoms. The molecular formula is C12H16BrNO3S. The second-order valence-electron chi connectivity index (χ2n) is 4.47. The van der Waals surface area contributed by atoms with Crippen molar-refractivity contribution in [2.24, 2.45) is 0 Å². The quantitative estimate of drug-likeness (QED) is 0.812. The van der Waals surface area contributed by atoms with Crippen molar-refractivity contribution in [3.05, 3.63) is 28.2 Å². The van der Waals surface area contributed by atoms with E-state index in [0.29, 0.717) is 12.5 Å². The van der Waals surface area contributed by atoms with E-state index in [4.69, 9.17) is 4.74 Å². The summed E-state index contributed by atoms with van der Waals surface area (Å²) in [6.45, 7) is 0.618. The minimum Gasteiger partial charge on any atom is -0.492 e. The first-order chi connectivity index (χ1) is 8.46. The summed E-state index contributed by atoms with van der Waals surface area (Å²) in [4.78, 5) is 0. The predicted octanol–water partition coefficient (Wildman–Crippen LogP) is 2.25. The van der Waals surface area contributed by atoms with Crippen molar-refractivity contribution in [1.82, 2.24) is 4.72 Å². The van der Waals surface area contributed by atoms with Crippen LogP contribution in [0.1, 0.15) is 24.3 Å². The first-order valence-electron chi connectivity index (χ1n) is 5.82. The number of sulfonamides is 1. The number of nitrogens with one attached hydrogen (secondary N) is 1. The fourth-order valence-electron chi connectivity index (χ4n) is 1.71. The summed E-state index contributed by atoms with van der Waals surface area (Å²) in [5.41, 5.74) is 1.28. The van der Waals surface area contributed by atoms with Gasteiger partial charge in [0.2, 0.25) is 10.0 Å². The van der Waals surface area contributed by atoms with Crippen molar-refractivity contribution in [3.63, 3.8) is 0 Å². The highest BCUT2D eigenvalue weighted by atomic mass is 79.9. The Kier molecular flexibility index (Phi) is 4.29. The zero-order chi connectivity index (χ0) is 13.2. The van der Waals surface area contributed by atoms with Crippen LogP contribution in [0.2, 0.25) is 0 Å². The van der Waals surface area contributed by atoms with Gasteiger partial charge in [0.05, 0.1) is 6.26 Å². The predicted molar refractivity (Wildman–Crippen MR) is 74.5 cm³/mol. The molecule has 0 saturated heterocycles. The van der Waals surface area contributed by atoms with Crippen LogP contribution in [0.25, 0.3) is 0 Å². The molecule has 0 atom stereocenters. The highest BCUT2D eigenvalue weighted by molar-refractivity contribution is 9.10. The van der Waals surface area contributed by atoms with Gasteiger partial charge in [-0.15, -0.1) is 0 Å². The maximum atomic E-state index is 10.9. The molecule has 1 saturated carbocycles. The molecule has 1 N–H and O–H groups in total. The molecule has 1 fully saturated rings. The lowest BCUT2D eigenvalue weighted by atomic mass is 10.1. The third-order valence-electron chi connectivity index (χ3n) is 2.72. The van der Waals surface area contributed by atoms with E-state index in [0.717, 1.165) is 16.5 Å². The topological polar surface area (TPSA) is 55.4 Å². The second-order valence-corrected chi connectivity index (χ2v) is 7.16. The van der Waals surface area contributed by atoms with Gasteiger partial charge in [-0.05, 0) is 42.5 Å². The first kappa shape index (κ1) is 13.8. The fourth-order valence-corrected chi connectivity index (χ4v) is 2.74. The van der Waals surface area contributed by atoms with Crippen molar-refractivity contribution in [3.8, 4) is 5.75 Å². The van der Waals surface area contributed by atoms with Crippen molar-refractivity contribution in [1.29, 1.82) is 0 Å². The molecule has 0 spiro atoms. The number of benzene rings is 1. The van der Waals surface area contributed by atoms with E-state index in [2.05, 4.69) is 20.7 Å². The summed E-state index contributed by atoms with van der Waals surface area (Å²) in [5, 5.41) is 0. The molecule has 0 unspecified atom stereocenters. The highest BCUT2D eigenvalue weighted by Gasteiger charge is 2.25. The van der Waals surface area contributed by atoms with E-state index in [1.807, 2.05) is 18.2 Å². The van der Waals surface area contributed by atoms with Gasteiger partial charge < -0.3 is 4.74 Å². The second kappa shape index (κ2) is 5.59. The Hall–Kier alpha value is -0.590. The fraction of sp³-hybridized carbons (Fsp3) is 0.500. The molecule has 4 nitrogen and oxygen atoms in total. The summed E-state index contributed by atoms with van der Waals surface area (Å²) in [6.07, 6.45) is 3.60. The van der Waals surface area contributed by atoms with Crippen molar-refractivity contribution in [2.75, 3.05) is 19.4 Å². The van der Waals surface area contributed by atoms with E-state index >= 15 is 0 Å². The Bertz CT molecular complexity index is 526. The van der Waals surface area contributed by atoms with Gasteiger partial charge in [-0.3, -0.25) is 0 Å². The molecule has 0 aromatic heterocycles. The van der Waals surface area contributed by atoms with Crippen LogP contribution >= 0.6 is 15.9 Å². The molecular weight excluding hydrogens is 318 g/mol. The highest BCUT2D eigenvalue weighted by Crippen LogP contribution is 2.44. The number of ether oxygens (including phenoxy) is 1. The third-order valence-corrected chi connectivity index (χ3v) is 4.17. The van der Waals surface area contributed by atoms with Gasteiger partial charge in [0.1, 0.15) is 12.4 Å². The number of hydrogen-bond acceptors (Lipinski definition) is 3. The molecule has 1 aromatic rings. The van der Waals surface area contributed by atoms with Gasteiger partial charge in [0.25, 0.3) is 0 Å². The molecule has 1 aliphatic rings. The first-order valence-corrected chi connectivity index (χ1v) is 8.51. The third kappa shape index (κ3) is 4.26. The number of hydrogen-bond donors (Lipinski definition) is 1. The molecule has 18 heavy (non-hydrogen) atoms. The van der Waals surface area contributed by atoms with E-state index in [-0.39, 0.29) is 6.54 Å². The van der Waals surface area contributed by atoms with E-state index < -0.39 is 10.0 Å². The lowest BCUT2D eigenvalue weighted by molar-refractivity contribution is 0.322.